The normalized spacial score (nSPS) is 14.2. The number of anilines is 2. The highest BCUT2D eigenvalue weighted by molar-refractivity contribution is 6.30. The van der Waals surface area contributed by atoms with Crippen LogP contribution in [0.4, 0.5) is 20.2 Å². The Morgan fingerprint density at radius 3 is 2.37 bits per heavy atom. The number of piperidine rings is 1. The number of rotatable bonds is 14. The summed E-state index contributed by atoms with van der Waals surface area (Å²) in [6.45, 7) is 18.2. The molecule has 2 aliphatic heterocycles. The molecule has 2 fully saturated rings. The first-order valence-electron chi connectivity index (χ1n) is 19.5. The summed E-state index contributed by atoms with van der Waals surface area (Å²) >= 11 is 5.79. The summed E-state index contributed by atoms with van der Waals surface area (Å²) in [6, 6.07) is 14.2. The van der Waals surface area contributed by atoms with Crippen LogP contribution in [0.15, 0.2) is 90.3 Å². The van der Waals surface area contributed by atoms with Gasteiger partial charge in [0.25, 0.3) is 0 Å². The van der Waals surface area contributed by atoms with Gasteiger partial charge in [-0.05, 0) is 119 Å². The molecule has 3 heterocycles. The number of aryl methyl sites for hydroxylation is 2. The van der Waals surface area contributed by atoms with E-state index in [9.17, 15) is 13.6 Å². The average molecular weight is 805 g/mol. The molecule has 57 heavy (non-hydrogen) atoms. The van der Waals surface area contributed by atoms with Crippen LogP contribution in [0.1, 0.15) is 68.5 Å². The number of aliphatic imine (C=N–C) groups is 1. The number of ether oxygens (including phenoxy) is 2. The molecule has 9 nitrogen and oxygen atoms in total. The predicted octanol–water partition coefficient (Wildman–Crippen LogP) is 10.6. The van der Waals surface area contributed by atoms with Crippen molar-refractivity contribution in [1.82, 2.24) is 14.5 Å². The van der Waals surface area contributed by atoms with Gasteiger partial charge in [-0.25, -0.2) is 18.8 Å². The molecule has 6 rings (SSSR count). The first kappa shape index (κ1) is 46.5. The zero-order valence-electron chi connectivity index (χ0n) is 34.1. The fourth-order valence-electron chi connectivity index (χ4n) is 5.96. The molecular formula is C45H59ClF2N6O3. The molecule has 0 spiro atoms. The molecular weight excluding hydrogens is 746 g/mol. The van der Waals surface area contributed by atoms with Crippen molar-refractivity contribution in [2.24, 2.45) is 18.0 Å². The highest BCUT2D eigenvalue weighted by Gasteiger charge is 2.20. The minimum Gasteiger partial charge on any atom is -0.473 e. The topological polar surface area (TPSA) is 93.0 Å². The number of hydrogen-bond acceptors (Lipinski definition) is 7. The minimum absolute atomic E-state index is 0.0747. The Morgan fingerprint density at radius 1 is 1.11 bits per heavy atom. The van der Waals surface area contributed by atoms with Gasteiger partial charge in [0, 0.05) is 49.1 Å². The molecule has 0 bridgehead atoms. The molecule has 4 aromatic rings. The third-order valence-corrected chi connectivity index (χ3v) is 9.77. The van der Waals surface area contributed by atoms with E-state index in [0.717, 1.165) is 75.6 Å². The summed E-state index contributed by atoms with van der Waals surface area (Å²) < 4.78 is 40.1. The maximum atomic E-state index is 13.9. The van der Waals surface area contributed by atoms with Crippen LogP contribution in [-0.2, 0) is 40.9 Å². The predicted molar refractivity (Wildman–Crippen MR) is 232 cm³/mol. The second-order valence-electron chi connectivity index (χ2n) is 13.6. The van der Waals surface area contributed by atoms with Crippen LogP contribution in [-0.4, -0.2) is 60.9 Å². The zero-order valence-corrected chi connectivity index (χ0v) is 34.9. The van der Waals surface area contributed by atoms with Gasteiger partial charge in [-0.15, -0.1) is 6.58 Å². The molecule has 2 aliphatic rings. The quantitative estimate of drug-likeness (QED) is 0.0434. The van der Waals surface area contributed by atoms with Crippen molar-refractivity contribution in [1.29, 1.82) is 0 Å². The molecule has 0 unspecified atom stereocenters. The molecule has 1 aromatic heterocycles. The van der Waals surface area contributed by atoms with Crippen LogP contribution in [0.5, 0.6) is 0 Å². The van der Waals surface area contributed by atoms with Gasteiger partial charge in [0.2, 0.25) is 12.3 Å². The van der Waals surface area contributed by atoms with E-state index in [1.54, 1.807) is 31.3 Å². The van der Waals surface area contributed by atoms with E-state index >= 15 is 0 Å². The average Bonchev–Trinajstić information content (AvgIpc) is 3.49. The highest BCUT2D eigenvalue weighted by atomic mass is 35.5. The van der Waals surface area contributed by atoms with Gasteiger partial charge in [-0.2, -0.15) is 0 Å². The first-order valence-corrected chi connectivity index (χ1v) is 19.9. The molecule has 0 saturated carbocycles. The number of amides is 1. The second-order valence-corrected chi connectivity index (χ2v) is 14.1. The number of aromatic nitrogens is 2. The Balaban J connectivity index is 0.000000322. The lowest BCUT2D eigenvalue weighted by Gasteiger charge is -2.31. The van der Waals surface area contributed by atoms with E-state index in [1.807, 2.05) is 19.1 Å². The van der Waals surface area contributed by atoms with Crippen molar-refractivity contribution in [3.05, 3.63) is 124 Å². The second kappa shape index (κ2) is 25.4. The summed E-state index contributed by atoms with van der Waals surface area (Å²) in [5.74, 6) is 1.38. The first-order chi connectivity index (χ1) is 27.6. The van der Waals surface area contributed by atoms with Crippen LogP contribution < -0.4 is 10.6 Å². The van der Waals surface area contributed by atoms with E-state index in [-0.39, 0.29) is 18.1 Å². The van der Waals surface area contributed by atoms with Crippen LogP contribution in [0, 0.1) is 24.5 Å². The van der Waals surface area contributed by atoms with E-state index in [1.165, 1.54) is 29.6 Å². The maximum absolute atomic E-state index is 13.9. The van der Waals surface area contributed by atoms with Gasteiger partial charge in [-0.3, -0.25) is 9.69 Å². The van der Waals surface area contributed by atoms with Gasteiger partial charge in [0.1, 0.15) is 18.2 Å². The smallest absolute Gasteiger partial charge is 0.212 e. The fourth-order valence-corrected chi connectivity index (χ4v) is 6.12. The van der Waals surface area contributed by atoms with Crippen LogP contribution in [0.25, 0.3) is 11.0 Å². The monoisotopic (exact) mass is 804 g/mol. The molecule has 0 radical (unpaired) electrons. The lowest BCUT2D eigenvalue weighted by Crippen LogP contribution is -2.33. The molecule has 0 atom stereocenters. The summed E-state index contributed by atoms with van der Waals surface area (Å²) in [5.41, 5.74) is 5.48. The van der Waals surface area contributed by atoms with Crippen molar-refractivity contribution in [2.75, 3.05) is 44.0 Å². The minimum atomic E-state index is -0.394. The van der Waals surface area contributed by atoms with Gasteiger partial charge in [0.15, 0.2) is 5.82 Å². The molecule has 308 valence electrons. The molecule has 3 aromatic carbocycles. The van der Waals surface area contributed by atoms with E-state index in [0.29, 0.717) is 40.8 Å². The number of nitrogens with one attached hydrogen (secondary N) is 2. The van der Waals surface area contributed by atoms with Gasteiger partial charge in [-0.1, -0.05) is 55.8 Å². The third kappa shape index (κ3) is 15.2. The summed E-state index contributed by atoms with van der Waals surface area (Å²) in [7, 11) is 3.84. The standard InChI is InChI=1S/C28H32ClFN4O.C10H13FN2O.C4H8.C3H6O/c1-20-8-11-26-25(16-20)32-27(33(26)3)18-34-14-12-21(13-15-34)6-4-5-7-28(31-2)35-19-22-9-10-23(29)17-24(22)30;1-3-7-8(12-2)4-5-9(10(7)11)13-6-14;1-3-4-2;1-2-4-3-1/h4-5,7-11,16-17,21H,2,6,12-15,18-19H2,1,3H3;4-6,12H,3H2,1-2H3,(H,13,14);3H,1,4H2,2H3;1-3H2/b5-4-,28-7+;;;. The Bertz CT molecular complexity index is 1930. The van der Waals surface area contributed by atoms with Crippen LogP contribution in [0.2, 0.25) is 5.02 Å². The highest BCUT2D eigenvalue weighted by Crippen LogP contribution is 2.26. The third-order valence-electron chi connectivity index (χ3n) is 9.54. The molecule has 12 heteroatoms. The number of hydrogen-bond donors (Lipinski definition) is 2. The Labute approximate surface area is 342 Å². The molecule has 2 saturated heterocycles. The fraction of sp³-hybridized carbons (Fsp3) is 0.400. The Hall–Kier alpha value is -4.84. The zero-order chi connectivity index (χ0) is 41.6. The van der Waals surface area contributed by atoms with Gasteiger partial charge in [0.05, 0.1) is 23.3 Å². The lowest BCUT2D eigenvalue weighted by molar-refractivity contribution is -0.105. The van der Waals surface area contributed by atoms with Crippen molar-refractivity contribution < 1.29 is 23.0 Å². The van der Waals surface area contributed by atoms with Crippen molar-refractivity contribution in [3.8, 4) is 0 Å². The Kier molecular flexibility index (Phi) is 20.8. The van der Waals surface area contributed by atoms with Gasteiger partial charge < -0.3 is 24.7 Å². The lowest BCUT2D eigenvalue weighted by atomic mass is 9.93. The van der Waals surface area contributed by atoms with E-state index < -0.39 is 5.82 Å². The molecule has 0 aliphatic carbocycles. The number of nitrogens with zero attached hydrogens (tertiary/aromatic N) is 4. The van der Waals surface area contributed by atoms with Crippen molar-refractivity contribution >= 4 is 47.1 Å². The largest absolute Gasteiger partial charge is 0.473 e. The van der Waals surface area contributed by atoms with E-state index in [4.69, 9.17) is 26.1 Å². The SMILES string of the molecule is C1COC1.C=CCC.C=N/C(=C\C=C/CC1CCN(Cc2nc3cc(C)ccc3n2C)CC1)OCc1ccc(Cl)cc1F.CCc1c(NC)ccc(NC=O)c1F. The molecule has 2 N–H and O–H groups in total. The number of halogens is 3. The number of imidazole rings is 1. The number of likely N-dealkylation sites (tertiary alicyclic amines) is 1. The van der Waals surface area contributed by atoms with Crippen LogP contribution in [0.3, 0.4) is 0 Å². The van der Waals surface area contributed by atoms with Gasteiger partial charge >= 0.3 is 0 Å². The van der Waals surface area contributed by atoms with Crippen molar-refractivity contribution in [3.63, 3.8) is 0 Å². The van der Waals surface area contributed by atoms with Crippen LogP contribution >= 0.6 is 11.6 Å². The summed E-state index contributed by atoms with van der Waals surface area (Å²) in [6.07, 6.45) is 14.5. The summed E-state index contributed by atoms with van der Waals surface area (Å²) in [5, 5.41) is 5.58. The summed E-state index contributed by atoms with van der Waals surface area (Å²) in [4.78, 5) is 21.4. The Morgan fingerprint density at radius 2 is 1.79 bits per heavy atom. The van der Waals surface area contributed by atoms with E-state index in [2.05, 4.69) is 83.6 Å². The maximum Gasteiger partial charge on any atom is 0.212 e. The number of allylic oxidation sites excluding steroid dienone is 4. The number of carbonyl (C=O) groups is 1. The molecule has 1 amide bonds. The number of fused-ring (bicyclic) bond motifs is 1. The number of benzene rings is 3. The number of carbonyl (C=O) groups excluding carboxylic acids is 1. The van der Waals surface area contributed by atoms with Crippen molar-refractivity contribution in [2.45, 2.75) is 72.4 Å².